The minimum atomic E-state index is -3.60. The summed E-state index contributed by atoms with van der Waals surface area (Å²) >= 11 is 0. The van der Waals surface area contributed by atoms with Crippen LogP contribution < -0.4 is 0 Å². The smallest absolute Gasteiger partial charge is 0.266 e. The van der Waals surface area contributed by atoms with Crippen LogP contribution in [0.4, 0.5) is 0 Å². The van der Waals surface area contributed by atoms with E-state index < -0.39 is 10.1 Å². The molecule has 190 valence electrons. The Bertz CT molecular complexity index is 679. The van der Waals surface area contributed by atoms with Gasteiger partial charge in [-0.25, -0.2) is 0 Å². The van der Waals surface area contributed by atoms with Crippen LogP contribution >= 0.6 is 0 Å². The third kappa shape index (κ3) is 17.0. The van der Waals surface area contributed by atoms with Gasteiger partial charge in [-0.2, -0.15) is 8.42 Å². The maximum atomic E-state index is 12.1. The van der Waals surface area contributed by atoms with Gasteiger partial charge in [0.05, 0.1) is 11.5 Å². The van der Waals surface area contributed by atoms with Crippen LogP contribution in [0.1, 0.15) is 128 Å². The average Bonchev–Trinajstić information content (AvgIpc) is 2.80. The molecule has 0 unspecified atom stereocenters. The lowest BCUT2D eigenvalue weighted by atomic mass is 10.0. The Hall–Kier alpha value is -1.13. The summed E-state index contributed by atoms with van der Waals surface area (Å²) in [7, 11) is -3.60. The minimum Gasteiger partial charge on any atom is -0.266 e. The minimum absolute atomic E-state index is 0.249. The van der Waals surface area contributed by atoms with Crippen molar-refractivity contribution in [1.82, 2.24) is 0 Å². The van der Waals surface area contributed by atoms with E-state index in [1.165, 1.54) is 109 Å². The average molecular weight is 479 g/mol. The molecule has 0 bridgehead atoms. The summed E-state index contributed by atoms with van der Waals surface area (Å²) in [5.74, 6) is 0. The lowest BCUT2D eigenvalue weighted by Gasteiger charge is -2.06. The van der Waals surface area contributed by atoms with Gasteiger partial charge in [0.1, 0.15) is 0 Å². The highest BCUT2D eigenvalue weighted by Crippen LogP contribution is 2.16. The third-order valence-electron chi connectivity index (χ3n) is 6.35. The molecule has 1 aromatic rings. The zero-order chi connectivity index (χ0) is 24.0. The van der Waals surface area contributed by atoms with Crippen molar-refractivity contribution in [2.24, 2.45) is 0 Å². The van der Waals surface area contributed by atoms with Crippen LogP contribution in [0.25, 0.3) is 0 Å². The first-order chi connectivity index (χ1) is 16.1. The van der Waals surface area contributed by atoms with Crippen molar-refractivity contribution < 1.29 is 12.6 Å². The van der Waals surface area contributed by atoms with Gasteiger partial charge in [0.25, 0.3) is 10.1 Å². The molecule has 0 aliphatic heterocycles. The van der Waals surface area contributed by atoms with Gasteiger partial charge in [-0.1, -0.05) is 127 Å². The van der Waals surface area contributed by atoms with E-state index in [2.05, 4.69) is 6.58 Å². The summed E-state index contributed by atoms with van der Waals surface area (Å²) < 4.78 is 29.4. The van der Waals surface area contributed by atoms with Gasteiger partial charge in [-0.3, -0.25) is 4.18 Å². The van der Waals surface area contributed by atoms with E-state index >= 15 is 0 Å². The number of hydrogen-bond donors (Lipinski definition) is 0. The lowest BCUT2D eigenvalue weighted by Crippen LogP contribution is -2.07. The number of allylic oxidation sites excluding steroid dienone is 1. The van der Waals surface area contributed by atoms with Gasteiger partial charge in [0, 0.05) is 0 Å². The Morgan fingerprint density at radius 3 is 1.39 bits per heavy atom. The van der Waals surface area contributed by atoms with E-state index in [0.29, 0.717) is 0 Å². The number of unbranched alkanes of at least 4 members (excludes halogenated alkanes) is 18. The van der Waals surface area contributed by atoms with Crippen LogP contribution in [0.5, 0.6) is 0 Å². The van der Waals surface area contributed by atoms with Gasteiger partial charge in [0.15, 0.2) is 0 Å². The Labute approximate surface area is 205 Å². The Morgan fingerprint density at radius 2 is 1.00 bits per heavy atom. The molecule has 3 nitrogen and oxygen atoms in total. The summed E-state index contributed by atoms with van der Waals surface area (Å²) in [6, 6.07) is 6.82. The maximum Gasteiger partial charge on any atom is 0.296 e. The maximum absolute atomic E-state index is 12.1. The van der Waals surface area contributed by atoms with Crippen LogP contribution in [-0.2, 0) is 14.3 Å². The molecule has 0 heterocycles. The van der Waals surface area contributed by atoms with Crippen LogP contribution in [0.2, 0.25) is 0 Å². The summed E-state index contributed by atoms with van der Waals surface area (Å²) in [5, 5.41) is 0. The number of benzene rings is 1. The van der Waals surface area contributed by atoms with Crippen molar-refractivity contribution in [1.29, 1.82) is 0 Å². The molecular formula is C29H50O3S. The molecule has 1 aromatic carbocycles. The van der Waals surface area contributed by atoms with Gasteiger partial charge in [-0.15, -0.1) is 6.58 Å². The molecule has 1 rings (SSSR count). The normalized spacial score (nSPS) is 11.7. The van der Waals surface area contributed by atoms with E-state index in [1.807, 2.05) is 13.0 Å². The number of aryl methyl sites for hydroxylation is 1. The molecular weight excluding hydrogens is 428 g/mol. The second-order valence-corrected chi connectivity index (χ2v) is 11.1. The van der Waals surface area contributed by atoms with Gasteiger partial charge in [0.2, 0.25) is 0 Å². The van der Waals surface area contributed by atoms with Crippen LogP contribution in [0, 0.1) is 6.92 Å². The highest BCUT2D eigenvalue weighted by atomic mass is 32.2. The first kappa shape index (κ1) is 29.9. The molecule has 0 N–H and O–H groups in total. The molecule has 0 aliphatic carbocycles. The first-order valence-electron chi connectivity index (χ1n) is 13.6. The fraction of sp³-hybridized carbons (Fsp3) is 0.724. The largest absolute Gasteiger partial charge is 0.296 e. The third-order valence-corrected chi connectivity index (χ3v) is 7.68. The highest BCUT2D eigenvalue weighted by Gasteiger charge is 2.14. The predicted molar refractivity (Wildman–Crippen MR) is 142 cm³/mol. The molecule has 0 spiro atoms. The first-order valence-corrected chi connectivity index (χ1v) is 15.0. The summed E-state index contributed by atoms with van der Waals surface area (Å²) in [6.07, 6.45) is 26.8. The van der Waals surface area contributed by atoms with Crippen LogP contribution in [0.15, 0.2) is 41.8 Å². The Kier molecular flexibility index (Phi) is 18.4. The topological polar surface area (TPSA) is 43.4 Å². The second kappa shape index (κ2) is 20.3. The van der Waals surface area contributed by atoms with Crippen LogP contribution in [0.3, 0.4) is 0 Å². The van der Waals surface area contributed by atoms with E-state index in [-0.39, 0.29) is 11.5 Å². The van der Waals surface area contributed by atoms with E-state index in [0.717, 1.165) is 18.4 Å². The van der Waals surface area contributed by atoms with E-state index in [1.54, 1.807) is 24.3 Å². The van der Waals surface area contributed by atoms with E-state index in [9.17, 15) is 8.42 Å². The zero-order valence-electron chi connectivity index (χ0n) is 21.4. The summed E-state index contributed by atoms with van der Waals surface area (Å²) in [6.45, 7) is 6.00. The molecule has 0 atom stereocenters. The van der Waals surface area contributed by atoms with Gasteiger partial charge >= 0.3 is 0 Å². The van der Waals surface area contributed by atoms with Crippen molar-refractivity contribution in [3.8, 4) is 0 Å². The standard InChI is InChI=1S/C29H50O3S/c1-3-4-5-6-7-8-9-10-11-12-13-14-15-16-17-18-19-20-21-22-27-32-33(30,31)29-25-23-28(2)24-26-29/h3,23-26H,1,4-22,27H2,2H3. The fourth-order valence-corrected chi connectivity index (χ4v) is 5.10. The van der Waals surface area contributed by atoms with Gasteiger partial charge < -0.3 is 0 Å². The van der Waals surface area contributed by atoms with E-state index in [4.69, 9.17) is 4.18 Å². The van der Waals surface area contributed by atoms with Crippen molar-refractivity contribution in [3.63, 3.8) is 0 Å². The van der Waals surface area contributed by atoms with Gasteiger partial charge in [-0.05, 0) is 38.3 Å². The van der Waals surface area contributed by atoms with Crippen molar-refractivity contribution in [2.75, 3.05) is 6.61 Å². The molecule has 0 aromatic heterocycles. The SMILES string of the molecule is C=CCCCCCCCCCCCCCCCCCCCCOS(=O)(=O)c1ccc(C)cc1. The molecule has 33 heavy (non-hydrogen) atoms. The Balaban J connectivity index is 1.79. The molecule has 0 fully saturated rings. The Morgan fingerprint density at radius 1 is 0.636 bits per heavy atom. The summed E-state index contributed by atoms with van der Waals surface area (Å²) in [4.78, 5) is 0.249. The number of hydrogen-bond acceptors (Lipinski definition) is 3. The molecule has 0 amide bonds. The molecule has 0 saturated carbocycles. The fourth-order valence-electron chi connectivity index (χ4n) is 4.16. The zero-order valence-corrected chi connectivity index (χ0v) is 22.2. The molecule has 0 saturated heterocycles. The monoisotopic (exact) mass is 478 g/mol. The second-order valence-electron chi connectivity index (χ2n) is 9.53. The quantitative estimate of drug-likeness (QED) is 0.0894. The van der Waals surface area contributed by atoms with Crippen molar-refractivity contribution in [2.45, 2.75) is 134 Å². The van der Waals surface area contributed by atoms with Crippen LogP contribution in [-0.4, -0.2) is 15.0 Å². The molecule has 0 radical (unpaired) electrons. The lowest BCUT2D eigenvalue weighted by molar-refractivity contribution is 0.306. The summed E-state index contributed by atoms with van der Waals surface area (Å²) in [5.41, 5.74) is 1.04. The predicted octanol–water partition coefficient (Wildman–Crippen LogP) is 9.30. The molecule has 4 heteroatoms. The van der Waals surface area contributed by atoms with Crippen molar-refractivity contribution >= 4 is 10.1 Å². The molecule has 0 aliphatic rings. The highest BCUT2D eigenvalue weighted by molar-refractivity contribution is 7.86. The van der Waals surface area contributed by atoms with Crippen molar-refractivity contribution in [3.05, 3.63) is 42.5 Å². The number of rotatable bonds is 23.